The Labute approximate surface area is 258 Å². The van der Waals surface area contributed by atoms with Crippen molar-refractivity contribution in [1.82, 2.24) is 9.44 Å². The van der Waals surface area contributed by atoms with Gasteiger partial charge in [-0.2, -0.15) is 13.1 Å². The summed E-state index contributed by atoms with van der Waals surface area (Å²) >= 11 is 0. The van der Waals surface area contributed by atoms with Gasteiger partial charge in [-0.15, -0.1) is 0 Å². The summed E-state index contributed by atoms with van der Waals surface area (Å²) < 4.78 is 74.7. The maximum Gasteiger partial charge on any atom is 0.421 e. The molecule has 0 aromatic rings. The van der Waals surface area contributed by atoms with Crippen LogP contribution < -0.4 is 9.44 Å². The van der Waals surface area contributed by atoms with Crippen molar-refractivity contribution >= 4 is 40.2 Å². The lowest BCUT2D eigenvalue weighted by Crippen LogP contribution is -2.63. The molecule has 1 fully saturated rings. The predicted octanol–water partition coefficient (Wildman–Crippen LogP) is -1.01. The number of amides is 1. The lowest BCUT2D eigenvalue weighted by Gasteiger charge is -2.44. The van der Waals surface area contributed by atoms with Crippen molar-refractivity contribution in [2.75, 3.05) is 59.3 Å². The number of carbonyl (C=O) groups is 5. The Morgan fingerprint density at radius 2 is 1.36 bits per heavy atom. The van der Waals surface area contributed by atoms with Gasteiger partial charge < -0.3 is 42.6 Å². The Kier molecular flexibility index (Phi) is 18.3. The maximum atomic E-state index is 11.9. The Hall–Kier alpha value is -3.79. The first-order valence-electron chi connectivity index (χ1n) is 13.3. The molecule has 1 saturated heterocycles. The standard InChI is InChI=1S/C23H37N5O16S/c1-14(29)40-13-18-19(41-15(2)30)20(42-16(3)31)21(43-17(4)32)22(44-18)38-12-11-37-10-9-36-7-6-26-45(34,35)27-23(33)39-8-5-25-28-24/h18-22,26H,5-13H2,1-4H3,(H,27,33). The second kappa shape index (κ2) is 21.0. The number of nitrogens with one attached hydrogen (secondary N) is 2. The van der Waals surface area contributed by atoms with Gasteiger partial charge in [0.1, 0.15) is 12.7 Å². The molecule has 1 amide bonds. The van der Waals surface area contributed by atoms with E-state index in [0.717, 1.165) is 27.7 Å². The van der Waals surface area contributed by atoms with Gasteiger partial charge in [0.15, 0.2) is 24.6 Å². The molecule has 5 atom stereocenters. The molecule has 0 bridgehead atoms. The first-order chi connectivity index (χ1) is 21.3. The summed E-state index contributed by atoms with van der Waals surface area (Å²) in [6, 6.07) is 0. The van der Waals surface area contributed by atoms with Gasteiger partial charge in [-0.25, -0.2) is 9.52 Å². The van der Waals surface area contributed by atoms with Crippen molar-refractivity contribution in [2.45, 2.75) is 58.4 Å². The van der Waals surface area contributed by atoms with Crippen LogP contribution in [0.5, 0.6) is 0 Å². The molecule has 0 saturated carbocycles. The molecule has 1 rings (SSSR count). The number of ether oxygens (including phenoxy) is 9. The highest BCUT2D eigenvalue weighted by atomic mass is 32.2. The van der Waals surface area contributed by atoms with Crippen molar-refractivity contribution in [1.29, 1.82) is 0 Å². The van der Waals surface area contributed by atoms with Gasteiger partial charge in [0.25, 0.3) is 0 Å². The normalized spacial score (nSPS) is 21.0. The molecule has 1 aliphatic rings. The van der Waals surface area contributed by atoms with Crippen LogP contribution in [0.1, 0.15) is 27.7 Å². The Bertz CT molecular complexity index is 1150. The van der Waals surface area contributed by atoms with E-state index in [1.165, 1.54) is 0 Å². The second-order valence-electron chi connectivity index (χ2n) is 8.75. The number of rotatable bonds is 20. The Morgan fingerprint density at radius 3 is 1.96 bits per heavy atom. The zero-order chi connectivity index (χ0) is 33.8. The van der Waals surface area contributed by atoms with Gasteiger partial charge >= 0.3 is 40.2 Å². The molecule has 1 heterocycles. The Balaban J connectivity index is 2.55. The summed E-state index contributed by atoms with van der Waals surface area (Å²) in [7, 11) is -4.21. The second-order valence-corrected chi connectivity index (χ2v) is 10.3. The minimum absolute atomic E-state index is 0.0193. The third-order valence-electron chi connectivity index (χ3n) is 5.07. The molecule has 256 valence electrons. The molecule has 45 heavy (non-hydrogen) atoms. The van der Waals surface area contributed by atoms with Crippen LogP contribution >= 0.6 is 0 Å². The molecule has 0 radical (unpaired) electrons. The average molecular weight is 672 g/mol. The van der Waals surface area contributed by atoms with E-state index in [1.54, 1.807) is 4.72 Å². The van der Waals surface area contributed by atoms with Gasteiger partial charge in [-0.1, -0.05) is 5.11 Å². The highest BCUT2D eigenvalue weighted by Gasteiger charge is 2.52. The topological polar surface area (TPSA) is 275 Å². The molecular weight excluding hydrogens is 634 g/mol. The molecule has 0 spiro atoms. The third-order valence-corrected chi connectivity index (χ3v) is 6.09. The fourth-order valence-electron chi connectivity index (χ4n) is 3.52. The molecule has 0 aromatic carbocycles. The molecule has 5 unspecified atom stereocenters. The minimum atomic E-state index is -4.21. The molecule has 2 N–H and O–H groups in total. The molecule has 0 aromatic heterocycles. The summed E-state index contributed by atoms with van der Waals surface area (Å²) in [4.78, 5) is 60.7. The van der Waals surface area contributed by atoms with Crippen molar-refractivity contribution in [3.05, 3.63) is 10.4 Å². The quantitative estimate of drug-likeness (QED) is 0.0392. The lowest BCUT2D eigenvalue weighted by molar-refractivity contribution is -0.309. The van der Waals surface area contributed by atoms with E-state index in [9.17, 15) is 32.4 Å². The van der Waals surface area contributed by atoms with E-state index in [4.69, 9.17) is 43.4 Å². The van der Waals surface area contributed by atoms with Crippen LogP contribution in [0.3, 0.4) is 0 Å². The summed E-state index contributed by atoms with van der Waals surface area (Å²) in [5, 5.41) is 3.12. The van der Waals surface area contributed by atoms with Gasteiger partial charge in [-0.3, -0.25) is 19.2 Å². The monoisotopic (exact) mass is 671 g/mol. The smallest absolute Gasteiger partial charge is 0.421 e. The number of carbonyl (C=O) groups excluding carboxylic acids is 5. The van der Waals surface area contributed by atoms with Crippen LogP contribution in [0.4, 0.5) is 4.79 Å². The SMILES string of the molecule is CC(=O)OCC1OC(OCCOCCOCCNS(=O)(=O)NC(=O)OCCN=[N+]=[N-])C(OC(C)=O)C(OC(C)=O)C1OC(C)=O. The lowest BCUT2D eigenvalue weighted by atomic mass is 9.98. The molecule has 21 nitrogen and oxygen atoms in total. The van der Waals surface area contributed by atoms with Gasteiger partial charge in [-0.05, 0) is 5.53 Å². The number of azide groups is 1. The van der Waals surface area contributed by atoms with Crippen LogP contribution in [-0.2, 0) is 72.0 Å². The van der Waals surface area contributed by atoms with E-state index >= 15 is 0 Å². The van der Waals surface area contributed by atoms with Crippen LogP contribution in [0.15, 0.2) is 5.11 Å². The van der Waals surface area contributed by atoms with E-state index < -0.39 is 77.5 Å². The highest BCUT2D eigenvalue weighted by molar-refractivity contribution is 7.88. The van der Waals surface area contributed by atoms with Gasteiger partial charge in [0.2, 0.25) is 0 Å². The first-order valence-corrected chi connectivity index (χ1v) is 14.8. The largest absolute Gasteiger partial charge is 0.463 e. The van der Waals surface area contributed by atoms with Crippen LogP contribution in [0.25, 0.3) is 10.4 Å². The fourth-order valence-corrected chi connectivity index (χ4v) is 4.22. The van der Waals surface area contributed by atoms with Crippen molar-refractivity contribution in [3.8, 4) is 0 Å². The van der Waals surface area contributed by atoms with Gasteiger partial charge in [0.05, 0.1) is 46.2 Å². The van der Waals surface area contributed by atoms with Crippen LogP contribution in [0, 0.1) is 0 Å². The zero-order valence-corrected chi connectivity index (χ0v) is 25.8. The van der Waals surface area contributed by atoms with Crippen molar-refractivity contribution < 1.29 is 75.0 Å². The molecule has 22 heteroatoms. The van der Waals surface area contributed by atoms with E-state index in [0.29, 0.717) is 0 Å². The van der Waals surface area contributed by atoms with E-state index in [-0.39, 0.29) is 52.7 Å². The molecular formula is C23H37N5O16S. The minimum Gasteiger partial charge on any atom is -0.463 e. The summed E-state index contributed by atoms with van der Waals surface area (Å²) in [6.07, 6.45) is -7.81. The van der Waals surface area contributed by atoms with Crippen LogP contribution in [0.2, 0.25) is 0 Å². The van der Waals surface area contributed by atoms with Crippen molar-refractivity contribution in [3.63, 3.8) is 0 Å². The molecule has 0 aliphatic carbocycles. The van der Waals surface area contributed by atoms with E-state index in [2.05, 4.69) is 19.5 Å². The third kappa shape index (κ3) is 17.3. The number of hydrogen-bond acceptors (Lipinski definition) is 17. The van der Waals surface area contributed by atoms with Gasteiger partial charge in [0, 0.05) is 39.2 Å². The number of hydrogen-bond donors (Lipinski definition) is 2. The summed E-state index contributed by atoms with van der Waals surface area (Å²) in [5.74, 6) is -2.98. The fraction of sp³-hybridized carbons (Fsp3) is 0.783. The van der Waals surface area contributed by atoms with Crippen molar-refractivity contribution in [2.24, 2.45) is 5.11 Å². The van der Waals surface area contributed by atoms with E-state index in [1.807, 2.05) is 0 Å². The molecule has 1 aliphatic heterocycles. The Morgan fingerprint density at radius 1 is 0.778 bits per heavy atom. The first kappa shape index (κ1) is 39.2. The predicted molar refractivity (Wildman–Crippen MR) is 145 cm³/mol. The number of esters is 4. The van der Waals surface area contributed by atoms with Crippen LogP contribution in [-0.4, -0.2) is 128 Å². The number of nitrogens with zero attached hydrogens (tertiary/aromatic N) is 3. The zero-order valence-electron chi connectivity index (χ0n) is 25.0. The maximum absolute atomic E-state index is 11.9. The highest BCUT2D eigenvalue weighted by Crippen LogP contribution is 2.30. The average Bonchev–Trinajstić information content (AvgIpc) is 2.93. The summed E-state index contributed by atoms with van der Waals surface area (Å²) in [5.41, 5.74) is 8.12. The summed E-state index contributed by atoms with van der Waals surface area (Å²) in [6.45, 7) is 3.29.